The Hall–Kier alpha value is -2.09. The molecule has 2 aliphatic rings. The highest BCUT2D eigenvalue weighted by Gasteiger charge is 2.49. The molecule has 2 nitrogen and oxygen atoms in total. The van der Waals surface area contributed by atoms with Crippen LogP contribution in [0.5, 0.6) is 5.75 Å². The Bertz CT molecular complexity index is 768. The summed E-state index contributed by atoms with van der Waals surface area (Å²) in [4.78, 5) is 13.9. The van der Waals surface area contributed by atoms with Gasteiger partial charge in [0.15, 0.2) is 0 Å². The monoisotopic (exact) mass is 366 g/mol. The summed E-state index contributed by atoms with van der Waals surface area (Å²) >= 11 is 0. The summed E-state index contributed by atoms with van der Waals surface area (Å²) in [5.74, 6) is 2.47. The lowest BCUT2D eigenvalue weighted by atomic mass is 9.61. The quantitative estimate of drug-likeness (QED) is 0.761. The third-order valence-electron chi connectivity index (χ3n) is 5.39. The molecule has 2 fully saturated rings. The van der Waals surface area contributed by atoms with Crippen LogP contribution in [-0.4, -0.2) is 10.9 Å². The molecule has 4 rings (SSSR count). The molecule has 138 valence electrons. The molecule has 0 aromatic heterocycles. The second-order valence-electron chi connectivity index (χ2n) is 7.05. The molecule has 1 N–H and O–H groups in total. The lowest BCUT2D eigenvalue weighted by molar-refractivity contribution is -0.122. The van der Waals surface area contributed by atoms with Crippen molar-refractivity contribution in [1.82, 2.24) is 0 Å². The number of aromatic hydroxyl groups is 1. The number of phenols is 1. The Labute approximate surface area is 169 Å². The van der Waals surface area contributed by atoms with Crippen molar-refractivity contribution in [2.24, 2.45) is 0 Å². The minimum absolute atomic E-state index is 0.150. The highest BCUT2D eigenvalue weighted by Crippen LogP contribution is 2.49. The van der Waals surface area contributed by atoms with Crippen LogP contribution >= 0.6 is 0 Å². The van der Waals surface area contributed by atoms with Gasteiger partial charge < -0.3 is 5.11 Å². The van der Waals surface area contributed by atoms with Crippen LogP contribution < -0.4 is 0 Å². The molecule has 0 heterocycles. The average molecular weight is 366 g/mol. The number of rotatable bonds is 7. The molecule has 1 unspecified atom stereocenters. The van der Waals surface area contributed by atoms with Crippen molar-refractivity contribution in [3.63, 3.8) is 0 Å². The predicted octanol–water partition coefficient (Wildman–Crippen LogP) is 4.84. The van der Waals surface area contributed by atoms with Gasteiger partial charge in [-0.25, -0.2) is 0 Å². The number of hydrogen-bond acceptors (Lipinski definition) is 2. The number of ketones is 1. The Balaban J connectivity index is 1.77. The third kappa shape index (κ3) is 3.62. The van der Waals surface area contributed by atoms with Crippen LogP contribution in [0.3, 0.4) is 0 Å². The summed E-state index contributed by atoms with van der Waals surface area (Å²) in [5, 5.41) is 9.81. The lowest BCUT2D eigenvalue weighted by Gasteiger charge is -2.39. The Morgan fingerprint density at radius 1 is 0.750 bits per heavy atom. The van der Waals surface area contributed by atoms with Crippen LogP contribution in [0.2, 0.25) is 0 Å². The summed E-state index contributed by atoms with van der Waals surface area (Å²) in [5.41, 5.74) is 0.917. The minimum Gasteiger partial charge on any atom is -0.508 e. The first kappa shape index (κ1) is 19.2. The fourth-order valence-corrected chi connectivity index (χ4v) is 4.03. The van der Waals surface area contributed by atoms with Gasteiger partial charge in [-0.15, -0.1) is 0 Å². The largest absolute Gasteiger partial charge is 0.508 e. The maximum atomic E-state index is 13.9. The molecular formula is C26H22O2. The van der Waals surface area contributed by atoms with Gasteiger partial charge in [0, 0.05) is 12.3 Å². The fraction of sp³-hybridized carbons (Fsp3) is 0.115. The van der Waals surface area contributed by atoms with Crippen LogP contribution in [0, 0.1) is 63.2 Å². The van der Waals surface area contributed by atoms with Gasteiger partial charge in [0.2, 0.25) is 0 Å². The molecular weight excluding hydrogens is 344 g/mol. The van der Waals surface area contributed by atoms with Gasteiger partial charge in [0.25, 0.3) is 0 Å². The molecule has 2 aliphatic carbocycles. The number of benzene rings is 2. The van der Waals surface area contributed by atoms with Crippen LogP contribution in [0.1, 0.15) is 24.0 Å². The summed E-state index contributed by atoms with van der Waals surface area (Å²) in [6.07, 6.45) is 17.2. The van der Waals surface area contributed by atoms with Gasteiger partial charge in [-0.2, -0.15) is 0 Å². The summed E-state index contributed by atoms with van der Waals surface area (Å²) in [6.45, 7) is 0. The number of Topliss-reactive ketones (excluding diaryl/α,β-unsaturated/α-hetero) is 1. The van der Waals surface area contributed by atoms with E-state index < -0.39 is 5.41 Å². The van der Waals surface area contributed by atoms with Crippen LogP contribution in [-0.2, 0) is 10.2 Å². The lowest BCUT2D eigenvalue weighted by Crippen LogP contribution is -2.42. The molecule has 1 atom stereocenters. The maximum absolute atomic E-state index is 13.9. The van der Waals surface area contributed by atoms with E-state index in [9.17, 15) is 9.90 Å². The van der Waals surface area contributed by atoms with Crippen molar-refractivity contribution in [3.05, 3.63) is 129 Å². The van der Waals surface area contributed by atoms with Crippen molar-refractivity contribution >= 4 is 5.78 Å². The summed E-state index contributed by atoms with van der Waals surface area (Å²) in [6, 6.07) is 17.0. The molecule has 0 aliphatic heterocycles. The number of hydrogen-bond donors (Lipinski definition) is 1. The second kappa shape index (κ2) is 8.51. The Morgan fingerprint density at radius 2 is 1.32 bits per heavy atom. The normalized spacial score (nSPS) is 20.3. The van der Waals surface area contributed by atoms with E-state index in [2.05, 4.69) is 12.8 Å². The SMILES string of the molecule is O=C(CC[C]1[CH][CH][CH][CH]1)C([C]1[CH][CH][CH][CH]1)(c1ccccc1)c1ccc(O)cc1. The van der Waals surface area contributed by atoms with E-state index >= 15 is 0 Å². The van der Waals surface area contributed by atoms with Crippen molar-refractivity contribution in [2.45, 2.75) is 18.3 Å². The van der Waals surface area contributed by atoms with Gasteiger partial charge in [-0.05, 0) is 87.0 Å². The number of carbonyl (C=O) groups excluding carboxylic acids is 1. The predicted molar refractivity (Wildman–Crippen MR) is 110 cm³/mol. The van der Waals surface area contributed by atoms with E-state index in [1.54, 1.807) is 12.1 Å². The molecule has 2 saturated carbocycles. The molecule has 28 heavy (non-hydrogen) atoms. The van der Waals surface area contributed by atoms with Crippen LogP contribution in [0.4, 0.5) is 0 Å². The highest BCUT2D eigenvalue weighted by molar-refractivity contribution is 5.98. The van der Waals surface area contributed by atoms with E-state index in [0.717, 1.165) is 17.0 Å². The van der Waals surface area contributed by atoms with Gasteiger partial charge in [0.1, 0.15) is 11.5 Å². The molecule has 2 aromatic rings. The first-order chi connectivity index (χ1) is 13.7. The zero-order valence-corrected chi connectivity index (χ0v) is 15.6. The molecule has 10 radical (unpaired) electrons. The molecule has 2 aromatic carbocycles. The zero-order chi connectivity index (χ0) is 19.4. The second-order valence-corrected chi connectivity index (χ2v) is 7.05. The molecule has 2 heteroatoms. The summed E-state index contributed by atoms with van der Waals surface area (Å²) in [7, 11) is 0. The van der Waals surface area contributed by atoms with E-state index in [4.69, 9.17) is 0 Å². The number of carbonyl (C=O) groups is 1. The van der Waals surface area contributed by atoms with Crippen molar-refractivity contribution in [2.75, 3.05) is 0 Å². The highest BCUT2D eigenvalue weighted by atomic mass is 16.3. The van der Waals surface area contributed by atoms with E-state index in [1.165, 1.54) is 5.92 Å². The molecule has 0 saturated heterocycles. The van der Waals surface area contributed by atoms with Gasteiger partial charge in [-0.1, -0.05) is 42.5 Å². The van der Waals surface area contributed by atoms with Gasteiger partial charge in [-0.3, -0.25) is 4.79 Å². The van der Waals surface area contributed by atoms with Crippen molar-refractivity contribution in [1.29, 1.82) is 0 Å². The van der Waals surface area contributed by atoms with Crippen molar-refractivity contribution in [3.8, 4) is 5.75 Å². The topological polar surface area (TPSA) is 37.3 Å². The first-order valence-electron chi connectivity index (χ1n) is 9.52. The van der Waals surface area contributed by atoms with Gasteiger partial charge >= 0.3 is 0 Å². The van der Waals surface area contributed by atoms with Crippen LogP contribution in [0.15, 0.2) is 54.6 Å². The van der Waals surface area contributed by atoms with E-state index in [-0.39, 0.29) is 11.5 Å². The van der Waals surface area contributed by atoms with Crippen molar-refractivity contribution < 1.29 is 9.90 Å². The van der Waals surface area contributed by atoms with E-state index in [0.29, 0.717) is 12.8 Å². The Kier molecular flexibility index (Phi) is 5.85. The third-order valence-corrected chi connectivity index (χ3v) is 5.39. The Morgan fingerprint density at radius 3 is 1.96 bits per heavy atom. The number of phenolic OH excluding ortho intramolecular Hbond substituents is 1. The molecule has 0 spiro atoms. The molecule has 0 bridgehead atoms. The zero-order valence-electron chi connectivity index (χ0n) is 15.6. The fourth-order valence-electron chi connectivity index (χ4n) is 4.03. The van der Waals surface area contributed by atoms with Gasteiger partial charge in [0.05, 0.1) is 5.41 Å². The first-order valence-corrected chi connectivity index (χ1v) is 9.52. The van der Waals surface area contributed by atoms with Crippen LogP contribution in [0.25, 0.3) is 0 Å². The minimum atomic E-state index is -0.898. The maximum Gasteiger partial charge on any atom is 0.148 e. The van der Waals surface area contributed by atoms with E-state index in [1.807, 2.05) is 81.0 Å². The summed E-state index contributed by atoms with van der Waals surface area (Å²) < 4.78 is 0. The average Bonchev–Trinajstić information content (AvgIpc) is 3.44. The standard InChI is InChI=1S/C26H22O2/c27-24-17-15-23(16-18-24)26(22-12-6-7-13-22,21-10-2-1-3-11-21)25(28)19-14-20-8-4-5-9-20/h1-13,15-18,27H,14,19H2. The molecule has 0 amide bonds. The smallest absolute Gasteiger partial charge is 0.148 e.